The summed E-state index contributed by atoms with van der Waals surface area (Å²) in [7, 11) is 0. The number of aromatic nitrogens is 1. The standard InChI is InChI=1S/C31H28BrN2O3.V/c1-19-27(23-17-22(32)13-14-25(23)33-28(19)21-11-7-4-8-12-21)29(35)34-26-15-16-31(2,30(36)37)18-24(26)20-9-5-3-6-10-20;/h3-14,17,24,26H,2,15-16,18H2,1H3,(H,34,35)(H,36,37);/q-1;. The number of hydrogen-bond donors (Lipinski definition) is 2. The van der Waals surface area contributed by atoms with Crippen LogP contribution in [-0.4, -0.2) is 28.0 Å². The van der Waals surface area contributed by atoms with Crippen molar-refractivity contribution in [3.63, 3.8) is 0 Å². The van der Waals surface area contributed by atoms with Crippen LogP contribution in [0, 0.1) is 19.3 Å². The Balaban J connectivity index is 0.00000336. The minimum Gasteiger partial charge on any atom is -0.483 e. The fourth-order valence-electron chi connectivity index (χ4n) is 5.46. The van der Waals surface area contributed by atoms with Gasteiger partial charge in [0, 0.05) is 45.9 Å². The van der Waals surface area contributed by atoms with Gasteiger partial charge in [-0.2, -0.15) is 0 Å². The van der Waals surface area contributed by atoms with Crippen molar-refractivity contribution in [1.82, 2.24) is 10.3 Å². The van der Waals surface area contributed by atoms with E-state index in [9.17, 15) is 14.7 Å². The molecule has 193 valence electrons. The summed E-state index contributed by atoms with van der Waals surface area (Å²) in [5.41, 5.74) is 3.77. The topological polar surface area (TPSA) is 79.3 Å². The third-order valence-corrected chi connectivity index (χ3v) is 7.99. The smallest absolute Gasteiger partial charge is 0.279 e. The van der Waals surface area contributed by atoms with Crippen LogP contribution in [-0.2, 0) is 23.4 Å². The van der Waals surface area contributed by atoms with E-state index >= 15 is 0 Å². The molecule has 1 aliphatic rings. The fraction of sp³-hybridized carbons (Fsp3) is 0.226. The summed E-state index contributed by atoms with van der Waals surface area (Å²) in [6, 6.07) is 25.2. The molecular formula is C31H28BrN2O3V-. The third-order valence-electron chi connectivity index (χ3n) is 7.49. The zero-order valence-electron chi connectivity index (χ0n) is 21.0. The summed E-state index contributed by atoms with van der Waals surface area (Å²) >= 11 is 3.55. The van der Waals surface area contributed by atoms with E-state index in [0.29, 0.717) is 24.8 Å². The molecule has 3 aromatic carbocycles. The second-order valence-electron chi connectivity index (χ2n) is 9.91. The third kappa shape index (κ3) is 5.44. The van der Waals surface area contributed by atoms with Gasteiger partial charge >= 0.3 is 0 Å². The van der Waals surface area contributed by atoms with Crippen LogP contribution in [0.3, 0.4) is 0 Å². The van der Waals surface area contributed by atoms with Crippen LogP contribution >= 0.6 is 15.9 Å². The quantitative estimate of drug-likeness (QED) is 0.241. The van der Waals surface area contributed by atoms with Gasteiger partial charge in [0.15, 0.2) is 0 Å². The monoisotopic (exact) mass is 606 g/mol. The van der Waals surface area contributed by atoms with Gasteiger partial charge in [-0.3, -0.25) is 9.59 Å². The molecule has 38 heavy (non-hydrogen) atoms. The Hall–Kier alpha value is -2.93. The van der Waals surface area contributed by atoms with Gasteiger partial charge in [0.2, 0.25) is 0 Å². The van der Waals surface area contributed by atoms with E-state index in [2.05, 4.69) is 28.2 Å². The maximum atomic E-state index is 14.0. The zero-order valence-corrected chi connectivity index (χ0v) is 24.0. The number of halogens is 1. The van der Waals surface area contributed by atoms with Gasteiger partial charge in [-0.25, -0.2) is 4.98 Å². The van der Waals surface area contributed by atoms with Crippen molar-refractivity contribution in [1.29, 1.82) is 0 Å². The summed E-state index contributed by atoms with van der Waals surface area (Å²) in [5.74, 6) is -1.24. The van der Waals surface area contributed by atoms with Gasteiger partial charge in [-0.1, -0.05) is 94.9 Å². The number of nitrogens with zero attached hydrogens (tertiary/aromatic N) is 1. The van der Waals surface area contributed by atoms with Gasteiger partial charge in [0.05, 0.1) is 16.8 Å². The minimum atomic E-state index is -1.08. The summed E-state index contributed by atoms with van der Waals surface area (Å²) in [5, 5.41) is 13.9. The number of hydrogen-bond acceptors (Lipinski definition) is 3. The molecular weight excluding hydrogens is 579 g/mol. The first-order valence-corrected chi connectivity index (χ1v) is 13.2. The fourth-order valence-corrected chi connectivity index (χ4v) is 5.82. The Labute approximate surface area is 243 Å². The number of nitrogens with one attached hydrogen (secondary N) is 1. The van der Waals surface area contributed by atoms with Gasteiger partial charge in [0.1, 0.15) is 0 Å². The molecule has 1 amide bonds. The van der Waals surface area contributed by atoms with Gasteiger partial charge in [0.25, 0.3) is 11.9 Å². The predicted octanol–water partition coefficient (Wildman–Crippen LogP) is 6.94. The van der Waals surface area contributed by atoms with E-state index in [1.54, 1.807) is 0 Å². The van der Waals surface area contributed by atoms with E-state index in [0.717, 1.165) is 37.8 Å². The normalized spacial score (nSPS) is 20.9. The number of rotatable bonds is 5. The number of carboxylic acid groups (broad SMARTS) is 1. The number of carbonyl (C=O) groups excluding carboxylic acids is 1. The molecule has 1 fully saturated rings. The molecule has 0 bridgehead atoms. The zero-order chi connectivity index (χ0) is 26.2. The first kappa shape index (κ1) is 28.1. The van der Waals surface area contributed by atoms with Crippen LogP contribution in [0.5, 0.6) is 0 Å². The Morgan fingerprint density at radius 1 is 1.05 bits per heavy atom. The van der Waals surface area contributed by atoms with Gasteiger partial charge < -0.3 is 17.3 Å². The van der Waals surface area contributed by atoms with E-state index in [1.807, 2.05) is 85.8 Å². The van der Waals surface area contributed by atoms with Crippen LogP contribution in [0.25, 0.3) is 22.2 Å². The number of aliphatic carboxylic acids is 1. The van der Waals surface area contributed by atoms with Crippen LogP contribution in [0.15, 0.2) is 83.3 Å². The Bertz CT molecular complexity index is 1480. The average molecular weight is 607 g/mol. The molecule has 3 atom stereocenters. The first-order valence-electron chi connectivity index (χ1n) is 12.4. The largest absolute Gasteiger partial charge is 0.483 e. The molecule has 5 nitrogen and oxygen atoms in total. The van der Waals surface area contributed by atoms with E-state index < -0.39 is 11.4 Å². The van der Waals surface area contributed by atoms with E-state index in [-0.39, 0.29) is 36.4 Å². The van der Waals surface area contributed by atoms with Crippen molar-refractivity contribution >= 4 is 38.7 Å². The molecule has 1 heterocycles. The summed E-state index contributed by atoms with van der Waals surface area (Å²) < 4.78 is 0.867. The Kier molecular flexibility index (Phi) is 8.46. The van der Waals surface area contributed by atoms with Crippen molar-refractivity contribution in [2.75, 3.05) is 0 Å². The molecule has 1 radical (unpaired) electrons. The number of fused-ring (bicyclic) bond motifs is 1. The average Bonchev–Trinajstić information content (AvgIpc) is 2.90. The molecule has 5 rings (SSSR count). The van der Waals surface area contributed by atoms with Crippen molar-refractivity contribution in [2.24, 2.45) is 5.41 Å². The second kappa shape index (κ2) is 11.4. The number of pyridine rings is 1. The predicted molar refractivity (Wildman–Crippen MR) is 149 cm³/mol. The van der Waals surface area contributed by atoms with Crippen LogP contribution in [0.4, 0.5) is 0 Å². The molecule has 4 aromatic rings. The maximum absolute atomic E-state index is 14.0. The van der Waals surface area contributed by atoms with Gasteiger partial charge in [-0.05, 0) is 42.7 Å². The molecule has 1 aromatic heterocycles. The number of amides is 1. The molecule has 1 aliphatic carbocycles. The SMILES string of the molecule is [CH2-]C1(C(=O)O)CCC(NC(=O)c2c(C)c(-c3ccccc3)nc3ccc(Br)cc23)C(c2ccccc2)C1.[V]. The Morgan fingerprint density at radius 2 is 1.71 bits per heavy atom. The second-order valence-corrected chi connectivity index (χ2v) is 10.8. The molecule has 7 heteroatoms. The van der Waals surface area contributed by atoms with Crippen molar-refractivity contribution < 1.29 is 33.3 Å². The van der Waals surface area contributed by atoms with Crippen LogP contribution < -0.4 is 5.32 Å². The molecule has 1 saturated carbocycles. The molecule has 0 aliphatic heterocycles. The number of carboxylic acids is 1. The molecule has 3 unspecified atom stereocenters. The van der Waals surface area contributed by atoms with Crippen LogP contribution in [0.1, 0.15) is 46.7 Å². The Morgan fingerprint density at radius 3 is 2.37 bits per heavy atom. The van der Waals surface area contributed by atoms with Crippen molar-refractivity contribution in [3.8, 4) is 11.3 Å². The maximum Gasteiger partial charge on any atom is 0.279 e. The number of carbonyl (C=O) groups is 2. The number of benzene rings is 3. The van der Waals surface area contributed by atoms with Gasteiger partial charge in [-0.15, -0.1) is 0 Å². The molecule has 2 N–H and O–H groups in total. The van der Waals surface area contributed by atoms with Crippen molar-refractivity contribution in [3.05, 3.63) is 107 Å². The summed E-state index contributed by atoms with van der Waals surface area (Å²) in [4.78, 5) is 31.0. The van der Waals surface area contributed by atoms with E-state index in [1.165, 1.54) is 0 Å². The first-order chi connectivity index (χ1) is 17.8. The summed E-state index contributed by atoms with van der Waals surface area (Å²) in [6.45, 7) is 6.00. The van der Waals surface area contributed by atoms with E-state index in [4.69, 9.17) is 4.98 Å². The molecule has 0 saturated heterocycles. The summed E-state index contributed by atoms with van der Waals surface area (Å²) in [6.07, 6.45) is 1.28. The minimum absolute atomic E-state index is 0. The molecule has 0 spiro atoms. The van der Waals surface area contributed by atoms with Crippen LogP contribution in [0.2, 0.25) is 0 Å². The van der Waals surface area contributed by atoms with Crippen molar-refractivity contribution in [2.45, 2.75) is 38.1 Å².